The fraction of sp³-hybridized carbons (Fsp3) is 0.211. The molecule has 1 aliphatic heterocycles. The number of nitrogens with one attached hydrogen (secondary N) is 2. The van der Waals surface area contributed by atoms with Gasteiger partial charge in [-0.1, -0.05) is 18.2 Å². The Labute approximate surface area is 167 Å². The van der Waals surface area contributed by atoms with Gasteiger partial charge in [0.1, 0.15) is 12.4 Å². The normalized spacial score (nSPS) is 15.8. The van der Waals surface area contributed by atoms with Crippen LogP contribution in [0.3, 0.4) is 0 Å². The van der Waals surface area contributed by atoms with Gasteiger partial charge in [-0.3, -0.25) is 14.8 Å². The molecule has 0 saturated heterocycles. The average molecular weight is 400 g/mol. The molecule has 0 fully saturated rings. The minimum absolute atomic E-state index is 0. The van der Waals surface area contributed by atoms with Crippen molar-refractivity contribution in [3.05, 3.63) is 59.4 Å². The zero-order valence-corrected chi connectivity index (χ0v) is 16.1. The Balaban J connectivity index is 0.00000225. The second-order valence-corrected chi connectivity index (χ2v) is 6.46. The number of para-hydroxylation sites is 2. The standard InChI is InChI=1S/C19H18N4O4.H2S/c1-11-10-27-16-8-12(18(24)22-26)6-7-13(16)9-23(11)19(25)17-20-14-4-2-3-5-15(14)21-17;/h2-8,11,26H,9-10H2,1H3,(H,20,21)(H,22,24);1H2/t11-;/m0./s1. The molecule has 0 aliphatic carbocycles. The van der Waals surface area contributed by atoms with Crippen molar-refractivity contribution in [2.75, 3.05) is 6.61 Å². The number of benzene rings is 2. The molecule has 2 heterocycles. The summed E-state index contributed by atoms with van der Waals surface area (Å²) < 4.78 is 5.79. The first-order valence-electron chi connectivity index (χ1n) is 8.52. The second-order valence-electron chi connectivity index (χ2n) is 6.46. The Bertz CT molecular complexity index is 1000. The fourth-order valence-corrected chi connectivity index (χ4v) is 3.13. The van der Waals surface area contributed by atoms with E-state index < -0.39 is 5.91 Å². The van der Waals surface area contributed by atoms with Crippen molar-refractivity contribution in [2.45, 2.75) is 19.5 Å². The van der Waals surface area contributed by atoms with Gasteiger partial charge in [0.2, 0.25) is 0 Å². The molecule has 4 rings (SSSR count). The minimum Gasteiger partial charge on any atom is -0.491 e. The van der Waals surface area contributed by atoms with E-state index in [1.165, 1.54) is 0 Å². The molecule has 3 N–H and O–H groups in total. The van der Waals surface area contributed by atoms with Crippen molar-refractivity contribution < 1.29 is 19.5 Å². The Hall–Kier alpha value is -3.04. The number of H-pyrrole nitrogens is 1. The molecule has 1 atom stereocenters. The third-order valence-electron chi connectivity index (χ3n) is 4.64. The minimum atomic E-state index is -0.617. The van der Waals surface area contributed by atoms with Crippen molar-refractivity contribution in [3.8, 4) is 5.75 Å². The van der Waals surface area contributed by atoms with Gasteiger partial charge in [0.25, 0.3) is 11.8 Å². The van der Waals surface area contributed by atoms with Crippen LogP contribution in [0.15, 0.2) is 42.5 Å². The van der Waals surface area contributed by atoms with Gasteiger partial charge < -0.3 is 14.6 Å². The highest BCUT2D eigenvalue weighted by Gasteiger charge is 2.28. The molecule has 0 spiro atoms. The number of carbonyl (C=O) groups excluding carboxylic acids is 2. The van der Waals surface area contributed by atoms with Crippen LogP contribution in [0, 0.1) is 0 Å². The Kier molecular flexibility index (Phi) is 5.57. The highest BCUT2D eigenvalue weighted by Crippen LogP contribution is 2.27. The van der Waals surface area contributed by atoms with Crippen LogP contribution in [0.2, 0.25) is 0 Å². The number of hydrogen-bond acceptors (Lipinski definition) is 5. The lowest BCUT2D eigenvalue weighted by molar-refractivity contribution is 0.0634. The average Bonchev–Trinajstić information content (AvgIpc) is 3.06. The number of aromatic amines is 1. The van der Waals surface area contributed by atoms with Gasteiger partial charge >= 0.3 is 0 Å². The summed E-state index contributed by atoms with van der Waals surface area (Å²) in [6.45, 7) is 2.50. The van der Waals surface area contributed by atoms with E-state index in [-0.39, 0.29) is 43.4 Å². The molecular formula is C19H20N4O4S. The molecule has 9 heteroatoms. The van der Waals surface area contributed by atoms with Gasteiger partial charge in [-0.05, 0) is 31.2 Å². The molecule has 3 aromatic rings. The van der Waals surface area contributed by atoms with Gasteiger partial charge in [-0.15, -0.1) is 0 Å². The topological polar surface area (TPSA) is 108 Å². The maximum atomic E-state index is 13.0. The zero-order chi connectivity index (χ0) is 19.0. The molecule has 1 aromatic heterocycles. The Morgan fingerprint density at radius 3 is 2.82 bits per heavy atom. The number of carbonyl (C=O) groups is 2. The Morgan fingerprint density at radius 2 is 2.07 bits per heavy atom. The second kappa shape index (κ2) is 7.91. The van der Waals surface area contributed by atoms with Crippen LogP contribution in [0.25, 0.3) is 11.0 Å². The van der Waals surface area contributed by atoms with E-state index in [0.29, 0.717) is 12.3 Å². The highest BCUT2D eigenvalue weighted by atomic mass is 32.1. The molecular weight excluding hydrogens is 380 g/mol. The smallest absolute Gasteiger partial charge is 0.290 e. The summed E-state index contributed by atoms with van der Waals surface area (Å²) in [6.07, 6.45) is 0. The number of imidazole rings is 1. The number of hydroxylamine groups is 1. The molecule has 0 unspecified atom stereocenters. The number of rotatable bonds is 2. The van der Waals surface area contributed by atoms with Crippen LogP contribution in [-0.4, -0.2) is 44.5 Å². The molecule has 28 heavy (non-hydrogen) atoms. The van der Waals surface area contributed by atoms with Gasteiger partial charge in [0.05, 0.1) is 23.6 Å². The predicted molar refractivity (Wildman–Crippen MR) is 107 cm³/mol. The number of nitrogens with zero attached hydrogens (tertiary/aromatic N) is 2. The van der Waals surface area contributed by atoms with E-state index in [1.54, 1.807) is 28.6 Å². The SMILES string of the molecule is C[C@H]1COc2cc(C(=O)NO)ccc2CN1C(=O)c1nc2ccccc2[nH]1.S. The summed E-state index contributed by atoms with van der Waals surface area (Å²) in [7, 11) is 0. The highest BCUT2D eigenvalue weighted by molar-refractivity contribution is 7.59. The van der Waals surface area contributed by atoms with Crippen LogP contribution >= 0.6 is 13.5 Å². The third kappa shape index (κ3) is 3.54. The summed E-state index contributed by atoms with van der Waals surface area (Å²) in [5, 5.41) is 8.79. The fourth-order valence-electron chi connectivity index (χ4n) is 3.13. The summed E-state index contributed by atoms with van der Waals surface area (Å²) >= 11 is 0. The van der Waals surface area contributed by atoms with Crippen molar-refractivity contribution in [3.63, 3.8) is 0 Å². The predicted octanol–water partition coefficient (Wildman–Crippen LogP) is 2.22. The van der Waals surface area contributed by atoms with Gasteiger partial charge in [-0.25, -0.2) is 10.5 Å². The molecule has 146 valence electrons. The first-order valence-corrected chi connectivity index (χ1v) is 8.52. The largest absolute Gasteiger partial charge is 0.491 e. The summed E-state index contributed by atoms with van der Waals surface area (Å²) in [4.78, 5) is 33.8. The first-order chi connectivity index (χ1) is 13.1. The van der Waals surface area contributed by atoms with Crippen molar-refractivity contribution >= 4 is 36.3 Å². The maximum absolute atomic E-state index is 13.0. The number of ether oxygens (including phenoxy) is 1. The van der Waals surface area contributed by atoms with Gasteiger partial charge in [0, 0.05) is 11.1 Å². The maximum Gasteiger partial charge on any atom is 0.290 e. The van der Waals surface area contributed by atoms with Gasteiger partial charge in [-0.2, -0.15) is 13.5 Å². The van der Waals surface area contributed by atoms with Gasteiger partial charge in [0.15, 0.2) is 5.82 Å². The lowest BCUT2D eigenvalue weighted by Gasteiger charge is -2.25. The molecule has 1 aliphatic rings. The number of amides is 2. The van der Waals surface area contributed by atoms with Crippen molar-refractivity contribution in [2.24, 2.45) is 0 Å². The number of hydrogen-bond donors (Lipinski definition) is 3. The lowest BCUT2D eigenvalue weighted by Crippen LogP contribution is -2.40. The number of aromatic nitrogens is 2. The van der Waals surface area contributed by atoms with E-state index in [4.69, 9.17) is 9.94 Å². The summed E-state index contributed by atoms with van der Waals surface area (Å²) in [5.41, 5.74) is 4.20. The van der Waals surface area contributed by atoms with E-state index in [9.17, 15) is 9.59 Å². The third-order valence-corrected chi connectivity index (χ3v) is 4.64. The monoisotopic (exact) mass is 400 g/mol. The molecule has 8 nitrogen and oxygen atoms in total. The summed E-state index contributed by atoms with van der Waals surface area (Å²) in [6, 6.07) is 12.1. The van der Waals surface area contributed by atoms with Crippen molar-refractivity contribution in [1.29, 1.82) is 0 Å². The van der Waals surface area contributed by atoms with Crippen molar-refractivity contribution in [1.82, 2.24) is 20.3 Å². The molecule has 2 aromatic carbocycles. The summed E-state index contributed by atoms with van der Waals surface area (Å²) in [5.74, 6) is -0.0353. The lowest BCUT2D eigenvalue weighted by atomic mass is 10.1. The van der Waals surface area contributed by atoms with Crippen LogP contribution < -0.4 is 10.2 Å². The van der Waals surface area contributed by atoms with E-state index in [1.807, 2.05) is 31.2 Å². The van der Waals surface area contributed by atoms with E-state index in [2.05, 4.69) is 9.97 Å². The molecule has 2 amide bonds. The van der Waals surface area contributed by atoms with E-state index >= 15 is 0 Å². The van der Waals surface area contributed by atoms with Crippen LogP contribution in [-0.2, 0) is 6.54 Å². The molecule has 0 radical (unpaired) electrons. The van der Waals surface area contributed by atoms with Crippen LogP contribution in [0.1, 0.15) is 33.5 Å². The van der Waals surface area contributed by atoms with E-state index in [0.717, 1.165) is 16.6 Å². The quantitative estimate of drug-likeness (QED) is 0.452. The number of fused-ring (bicyclic) bond motifs is 2. The van der Waals surface area contributed by atoms with Crippen LogP contribution in [0.4, 0.5) is 0 Å². The molecule has 0 bridgehead atoms. The zero-order valence-electron chi connectivity index (χ0n) is 15.1. The molecule has 0 saturated carbocycles. The Morgan fingerprint density at radius 1 is 1.29 bits per heavy atom. The first kappa shape index (κ1) is 19.7. The van der Waals surface area contributed by atoms with Crippen LogP contribution in [0.5, 0.6) is 5.75 Å².